The van der Waals surface area contributed by atoms with Crippen LogP contribution in [0.3, 0.4) is 0 Å². The molecule has 1 heterocycles. The van der Waals surface area contributed by atoms with E-state index in [1.807, 2.05) is 22.8 Å². The van der Waals surface area contributed by atoms with E-state index in [9.17, 15) is 5.11 Å². The van der Waals surface area contributed by atoms with Gasteiger partial charge < -0.3 is 20.6 Å². The summed E-state index contributed by atoms with van der Waals surface area (Å²) in [6.45, 7) is 12.9. The molecule has 0 fully saturated rings. The summed E-state index contributed by atoms with van der Waals surface area (Å²) in [4.78, 5) is 5.66. The highest BCUT2D eigenvalue weighted by Crippen LogP contribution is 2.24. The van der Waals surface area contributed by atoms with Crippen LogP contribution in [0, 0.1) is 17.2 Å². The van der Waals surface area contributed by atoms with E-state index in [2.05, 4.69) is 67.3 Å². The van der Waals surface area contributed by atoms with E-state index in [4.69, 9.17) is 5.41 Å². The maximum atomic E-state index is 10.1. The molecule has 0 spiro atoms. The summed E-state index contributed by atoms with van der Waals surface area (Å²) >= 11 is 1.62. The average Bonchev–Trinajstić information content (AvgIpc) is 2.81. The Morgan fingerprint density at radius 2 is 2.25 bits per heavy atom. The molecule has 7 heteroatoms. The number of aliphatic imine (C=N–C) groups is 1. The molecule has 0 saturated carbocycles. The molecule has 2 aliphatic rings. The summed E-state index contributed by atoms with van der Waals surface area (Å²) in [6, 6.07) is 0. The predicted octanol–water partition coefficient (Wildman–Crippen LogP) is 4.65. The largest absolute Gasteiger partial charge is 0.370 e. The van der Waals surface area contributed by atoms with Gasteiger partial charge in [0, 0.05) is 25.5 Å². The van der Waals surface area contributed by atoms with Gasteiger partial charge in [-0.2, -0.15) is 0 Å². The van der Waals surface area contributed by atoms with Crippen LogP contribution < -0.4 is 10.6 Å². The molecule has 0 saturated heterocycles. The first-order valence-electron chi connectivity index (χ1n) is 11.4. The van der Waals surface area contributed by atoms with E-state index < -0.39 is 6.23 Å². The van der Waals surface area contributed by atoms with Crippen molar-refractivity contribution in [3.63, 3.8) is 0 Å². The van der Waals surface area contributed by atoms with E-state index in [1.54, 1.807) is 11.8 Å². The van der Waals surface area contributed by atoms with Crippen LogP contribution in [-0.4, -0.2) is 55.0 Å². The SMILES string of the molecule is C=CN=CC(=N)N(C)CCCNCC.CC(C)C1C=CC(NC(O)C2=CSC=CC2)=CC1. The summed E-state index contributed by atoms with van der Waals surface area (Å²) in [5, 5.41) is 28.1. The van der Waals surface area contributed by atoms with Crippen LogP contribution in [0.4, 0.5) is 0 Å². The van der Waals surface area contributed by atoms with Crippen molar-refractivity contribution < 1.29 is 5.11 Å². The highest BCUT2D eigenvalue weighted by molar-refractivity contribution is 8.05. The van der Waals surface area contributed by atoms with Crippen LogP contribution in [0.1, 0.15) is 40.0 Å². The van der Waals surface area contributed by atoms with Gasteiger partial charge in [0.1, 0.15) is 12.1 Å². The molecule has 0 amide bonds. The third-order valence-corrected chi connectivity index (χ3v) is 5.99. The Hall–Kier alpha value is -2.09. The van der Waals surface area contributed by atoms with Crippen molar-refractivity contribution in [3.05, 3.63) is 59.2 Å². The molecular weight excluding hydrogens is 418 g/mol. The van der Waals surface area contributed by atoms with Gasteiger partial charge in [-0.05, 0) is 66.7 Å². The van der Waals surface area contributed by atoms with Crippen LogP contribution in [0.25, 0.3) is 0 Å². The van der Waals surface area contributed by atoms with E-state index >= 15 is 0 Å². The number of thioether (sulfide) groups is 1. The van der Waals surface area contributed by atoms with Gasteiger partial charge in [0.05, 0.1) is 6.21 Å². The normalized spacial score (nSPS) is 18.5. The van der Waals surface area contributed by atoms with Crippen molar-refractivity contribution in [1.82, 2.24) is 15.5 Å². The highest BCUT2D eigenvalue weighted by Gasteiger charge is 2.15. The van der Waals surface area contributed by atoms with Crippen molar-refractivity contribution in [1.29, 1.82) is 5.41 Å². The van der Waals surface area contributed by atoms with Gasteiger partial charge in [0.25, 0.3) is 0 Å². The van der Waals surface area contributed by atoms with Gasteiger partial charge in [-0.15, -0.1) is 11.8 Å². The number of aliphatic hydroxyl groups is 1. The predicted molar refractivity (Wildman–Crippen MR) is 141 cm³/mol. The Bertz CT molecular complexity index is 724. The second-order valence-electron chi connectivity index (χ2n) is 8.09. The zero-order valence-electron chi connectivity index (χ0n) is 20.1. The Morgan fingerprint density at radius 1 is 1.47 bits per heavy atom. The lowest BCUT2D eigenvalue weighted by molar-refractivity contribution is 0.184. The molecule has 6 nitrogen and oxygen atoms in total. The molecule has 0 radical (unpaired) electrons. The zero-order valence-corrected chi connectivity index (χ0v) is 20.9. The van der Waals surface area contributed by atoms with E-state index in [1.165, 1.54) is 12.4 Å². The monoisotopic (exact) mass is 459 g/mol. The van der Waals surface area contributed by atoms with Crippen molar-refractivity contribution in [2.45, 2.75) is 46.3 Å². The van der Waals surface area contributed by atoms with Gasteiger partial charge in [-0.3, -0.25) is 10.4 Å². The van der Waals surface area contributed by atoms with Crippen LogP contribution >= 0.6 is 11.8 Å². The molecule has 178 valence electrons. The van der Waals surface area contributed by atoms with E-state index in [0.717, 1.165) is 50.2 Å². The average molecular weight is 460 g/mol. The molecule has 32 heavy (non-hydrogen) atoms. The molecule has 1 aliphatic carbocycles. The minimum absolute atomic E-state index is 0.418. The lowest BCUT2D eigenvalue weighted by Crippen LogP contribution is -2.30. The molecule has 4 N–H and O–H groups in total. The van der Waals surface area contributed by atoms with Crippen molar-refractivity contribution in [3.8, 4) is 0 Å². The summed E-state index contributed by atoms with van der Waals surface area (Å²) in [6.07, 6.45) is 13.9. The van der Waals surface area contributed by atoms with Crippen LogP contribution in [0.2, 0.25) is 0 Å². The fourth-order valence-electron chi connectivity index (χ4n) is 3.04. The molecule has 2 rings (SSSR count). The van der Waals surface area contributed by atoms with Gasteiger partial charge in [-0.25, -0.2) is 0 Å². The van der Waals surface area contributed by atoms with Gasteiger partial charge >= 0.3 is 0 Å². The summed E-state index contributed by atoms with van der Waals surface area (Å²) in [5.41, 5.74) is 2.06. The molecule has 2 unspecified atom stereocenters. The topological polar surface area (TPSA) is 83.7 Å². The Morgan fingerprint density at radius 3 is 2.81 bits per heavy atom. The fraction of sp³-hybridized carbons (Fsp3) is 0.520. The molecule has 0 aromatic carbocycles. The molecule has 0 bridgehead atoms. The first-order valence-corrected chi connectivity index (χ1v) is 12.3. The number of aliphatic hydroxyl groups excluding tert-OH is 1. The maximum Gasteiger partial charge on any atom is 0.147 e. The van der Waals surface area contributed by atoms with Gasteiger partial charge in [-0.1, -0.05) is 45.6 Å². The number of rotatable bonds is 11. The van der Waals surface area contributed by atoms with Crippen LogP contribution in [0.15, 0.2) is 64.2 Å². The fourth-order valence-corrected chi connectivity index (χ4v) is 3.73. The summed E-state index contributed by atoms with van der Waals surface area (Å²) < 4.78 is 0. The van der Waals surface area contributed by atoms with Crippen molar-refractivity contribution >= 4 is 23.8 Å². The van der Waals surface area contributed by atoms with E-state index in [0.29, 0.717) is 17.7 Å². The highest BCUT2D eigenvalue weighted by atomic mass is 32.2. The van der Waals surface area contributed by atoms with Crippen molar-refractivity contribution in [2.75, 3.05) is 26.7 Å². The second kappa shape index (κ2) is 16.5. The van der Waals surface area contributed by atoms with Crippen LogP contribution in [-0.2, 0) is 0 Å². The quantitative estimate of drug-likeness (QED) is 0.156. The van der Waals surface area contributed by atoms with E-state index in [-0.39, 0.29) is 0 Å². The molecular formula is C25H41N5OS. The number of amidine groups is 1. The number of allylic oxidation sites excluding steroid dienone is 4. The zero-order chi connectivity index (χ0) is 23.8. The standard InChI is InChI=1S/C15H21NOS.C10H20N4/c1-11(2)12-5-7-14(8-6-12)16-15(17)13-4-3-9-18-10-13;1-4-12-7-6-8-14(3)10(11)9-13-5-2/h3,5,7-12,15-17H,4,6H2,1-2H3;5,9,11-12H,2,4,6-8H2,1,3H3. The first-order chi connectivity index (χ1) is 15.4. The smallest absolute Gasteiger partial charge is 0.147 e. The molecule has 0 aromatic heterocycles. The minimum Gasteiger partial charge on any atom is -0.370 e. The Labute approximate surface area is 198 Å². The summed E-state index contributed by atoms with van der Waals surface area (Å²) in [7, 11) is 1.89. The maximum absolute atomic E-state index is 10.1. The first kappa shape index (κ1) is 27.9. The number of hydrogen-bond acceptors (Lipinski definition) is 6. The molecule has 0 aromatic rings. The second-order valence-corrected chi connectivity index (χ2v) is 8.87. The Balaban J connectivity index is 0.000000333. The summed E-state index contributed by atoms with van der Waals surface area (Å²) in [5.74, 6) is 1.72. The lowest BCUT2D eigenvalue weighted by atomic mass is 9.89. The number of nitrogens with zero attached hydrogens (tertiary/aromatic N) is 2. The Kier molecular flexibility index (Phi) is 14.4. The number of nitrogens with one attached hydrogen (secondary N) is 3. The third-order valence-electron chi connectivity index (χ3n) is 5.20. The third kappa shape index (κ3) is 11.5. The minimum atomic E-state index is -0.575. The molecule has 2 atom stereocenters. The van der Waals surface area contributed by atoms with Crippen molar-refractivity contribution in [2.24, 2.45) is 16.8 Å². The van der Waals surface area contributed by atoms with Gasteiger partial charge in [0.2, 0.25) is 0 Å². The van der Waals surface area contributed by atoms with Crippen LogP contribution in [0.5, 0.6) is 0 Å². The van der Waals surface area contributed by atoms with Gasteiger partial charge in [0.15, 0.2) is 0 Å². The molecule has 1 aliphatic heterocycles. The number of hydrogen-bond donors (Lipinski definition) is 4. The lowest BCUT2D eigenvalue weighted by Gasteiger charge is -2.23.